The Morgan fingerprint density at radius 3 is 3.14 bits per heavy atom. The van der Waals surface area contributed by atoms with Crippen molar-refractivity contribution in [2.24, 2.45) is 5.92 Å². The third-order valence-electron chi connectivity index (χ3n) is 3.89. The molecule has 2 unspecified atom stereocenters. The quantitative estimate of drug-likeness (QED) is 0.786. The Morgan fingerprint density at radius 2 is 2.33 bits per heavy atom. The highest BCUT2D eigenvalue weighted by Gasteiger charge is 2.24. The summed E-state index contributed by atoms with van der Waals surface area (Å²) in [6, 6.07) is 4.21. The molecule has 1 N–H and O–H groups in total. The molecule has 3 aromatic heterocycles. The summed E-state index contributed by atoms with van der Waals surface area (Å²) in [6.45, 7) is 3.36. The van der Waals surface area contributed by atoms with Gasteiger partial charge < -0.3 is 5.32 Å². The van der Waals surface area contributed by atoms with Crippen LogP contribution in [-0.2, 0) is 0 Å². The fourth-order valence-electron chi connectivity index (χ4n) is 2.74. The number of piperidine rings is 1. The van der Waals surface area contributed by atoms with Crippen LogP contribution in [-0.4, -0.2) is 31.3 Å². The molecular weight excluding hydrogens is 284 g/mol. The molecule has 0 aliphatic carbocycles. The van der Waals surface area contributed by atoms with Gasteiger partial charge in [-0.3, -0.25) is 4.98 Å². The summed E-state index contributed by atoms with van der Waals surface area (Å²) < 4.78 is 1.83. The van der Waals surface area contributed by atoms with Crippen LogP contribution >= 0.6 is 11.3 Å². The van der Waals surface area contributed by atoms with E-state index in [1.165, 1.54) is 6.42 Å². The van der Waals surface area contributed by atoms with E-state index in [0.29, 0.717) is 6.04 Å². The second-order valence-electron chi connectivity index (χ2n) is 5.54. The van der Waals surface area contributed by atoms with Crippen LogP contribution in [0.5, 0.6) is 0 Å². The Labute approximate surface area is 126 Å². The first-order valence-corrected chi connectivity index (χ1v) is 7.99. The highest BCUT2D eigenvalue weighted by Crippen LogP contribution is 2.30. The molecule has 21 heavy (non-hydrogen) atoms. The van der Waals surface area contributed by atoms with Gasteiger partial charge in [-0.2, -0.15) is 9.61 Å². The van der Waals surface area contributed by atoms with Gasteiger partial charge in [-0.25, -0.2) is 0 Å². The standard InChI is InChI=1S/C14H16N6S/c1-9-4-6-16-11(7-9)13-19-20-12(17-18-14(20)21-13)10-3-2-5-15-8-10/h2-3,5,8-9,11,16H,4,6-7H2,1H3. The molecule has 0 saturated carbocycles. The Bertz CT molecular complexity index is 749. The molecule has 108 valence electrons. The van der Waals surface area contributed by atoms with Crippen molar-refractivity contribution >= 4 is 16.3 Å². The Hall–Kier alpha value is -1.86. The van der Waals surface area contributed by atoms with Crippen molar-refractivity contribution in [2.45, 2.75) is 25.8 Å². The number of aromatic nitrogens is 5. The predicted molar refractivity (Wildman–Crippen MR) is 81.0 cm³/mol. The predicted octanol–water partition coefficient (Wildman–Crippen LogP) is 2.31. The number of pyridine rings is 1. The second-order valence-corrected chi connectivity index (χ2v) is 6.52. The van der Waals surface area contributed by atoms with Crippen LogP contribution in [0.15, 0.2) is 24.5 Å². The number of nitrogens with one attached hydrogen (secondary N) is 1. The van der Waals surface area contributed by atoms with Crippen molar-refractivity contribution in [2.75, 3.05) is 6.54 Å². The third-order valence-corrected chi connectivity index (χ3v) is 4.90. The minimum atomic E-state index is 0.335. The summed E-state index contributed by atoms with van der Waals surface area (Å²) in [4.78, 5) is 4.97. The van der Waals surface area contributed by atoms with Gasteiger partial charge in [-0.1, -0.05) is 18.3 Å². The van der Waals surface area contributed by atoms with Gasteiger partial charge in [0.1, 0.15) is 5.01 Å². The van der Waals surface area contributed by atoms with Gasteiger partial charge in [0.15, 0.2) is 5.82 Å². The molecule has 0 aromatic carbocycles. The zero-order valence-corrected chi connectivity index (χ0v) is 12.5. The van der Waals surface area contributed by atoms with Gasteiger partial charge in [0.05, 0.1) is 6.04 Å². The number of fused-ring (bicyclic) bond motifs is 1. The lowest BCUT2D eigenvalue weighted by atomic mass is 9.95. The molecule has 0 bridgehead atoms. The monoisotopic (exact) mass is 300 g/mol. The summed E-state index contributed by atoms with van der Waals surface area (Å²) >= 11 is 1.62. The fraction of sp³-hybridized carbons (Fsp3) is 0.429. The van der Waals surface area contributed by atoms with E-state index in [9.17, 15) is 0 Å². The smallest absolute Gasteiger partial charge is 0.235 e. The number of hydrogen-bond acceptors (Lipinski definition) is 6. The maximum atomic E-state index is 4.73. The largest absolute Gasteiger partial charge is 0.308 e. The van der Waals surface area contributed by atoms with Gasteiger partial charge in [0.2, 0.25) is 4.96 Å². The molecule has 1 aliphatic heterocycles. The van der Waals surface area contributed by atoms with E-state index in [-0.39, 0.29) is 0 Å². The van der Waals surface area contributed by atoms with Crippen molar-refractivity contribution in [1.82, 2.24) is 30.1 Å². The minimum absolute atomic E-state index is 0.335. The number of nitrogens with zero attached hydrogens (tertiary/aromatic N) is 5. The van der Waals surface area contributed by atoms with E-state index in [4.69, 9.17) is 5.10 Å². The molecular formula is C14H16N6S. The second kappa shape index (κ2) is 5.16. The summed E-state index contributed by atoms with van der Waals surface area (Å²) in [5.41, 5.74) is 0.937. The van der Waals surface area contributed by atoms with Gasteiger partial charge in [0, 0.05) is 18.0 Å². The van der Waals surface area contributed by atoms with Crippen molar-refractivity contribution in [1.29, 1.82) is 0 Å². The molecule has 7 heteroatoms. The summed E-state index contributed by atoms with van der Waals surface area (Å²) in [5, 5.41) is 17.8. The van der Waals surface area contributed by atoms with Crippen LogP contribution in [0.1, 0.15) is 30.8 Å². The van der Waals surface area contributed by atoms with Gasteiger partial charge in [-0.05, 0) is 37.4 Å². The number of rotatable bonds is 2. The fourth-order valence-corrected chi connectivity index (χ4v) is 3.67. The van der Waals surface area contributed by atoms with Crippen molar-refractivity contribution in [3.8, 4) is 11.4 Å². The SMILES string of the molecule is CC1CCNC(c2nn3c(-c4cccnc4)nnc3s2)C1. The van der Waals surface area contributed by atoms with Crippen LogP contribution in [0.3, 0.4) is 0 Å². The molecule has 4 heterocycles. The molecule has 1 fully saturated rings. The zero-order chi connectivity index (χ0) is 14.2. The Morgan fingerprint density at radius 1 is 1.38 bits per heavy atom. The van der Waals surface area contributed by atoms with Crippen LogP contribution in [0.2, 0.25) is 0 Å². The first kappa shape index (κ1) is 12.8. The van der Waals surface area contributed by atoms with E-state index < -0.39 is 0 Å². The molecule has 1 saturated heterocycles. The molecule has 0 spiro atoms. The zero-order valence-electron chi connectivity index (χ0n) is 11.7. The first-order chi connectivity index (χ1) is 10.3. The summed E-state index contributed by atoms with van der Waals surface area (Å²) in [6.07, 6.45) is 5.91. The van der Waals surface area contributed by atoms with E-state index in [2.05, 4.69) is 27.4 Å². The van der Waals surface area contributed by atoms with Gasteiger partial charge in [-0.15, -0.1) is 10.2 Å². The molecule has 3 aromatic rings. The Balaban J connectivity index is 1.72. The van der Waals surface area contributed by atoms with Crippen molar-refractivity contribution in [3.63, 3.8) is 0 Å². The molecule has 2 atom stereocenters. The van der Waals surface area contributed by atoms with E-state index in [1.54, 1.807) is 23.7 Å². The molecule has 1 aliphatic rings. The highest BCUT2D eigenvalue weighted by molar-refractivity contribution is 7.16. The lowest BCUT2D eigenvalue weighted by Crippen LogP contribution is -2.30. The van der Waals surface area contributed by atoms with Crippen molar-refractivity contribution in [3.05, 3.63) is 29.5 Å². The highest BCUT2D eigenvalue weighted by atomic mass is 32.1. The van der Waals surface area contributed by atoms with Crippen molar-refractivity contribution < 1.29 is 0 Å². The van der Waals surface area contributed by atoms with E-state index in [0.717, 1.165) is 40.2 Å². The van der Waals surface area contributed by atoms with Crippen LogP contribution in [0.25, 0.3) is 16.3 Å². The maximum Gasteiger partial charge on any atom is 0.235 e. The van der Waals surface area contributed by atoms with Crippen LogP contribution in [0.4, 0.5) is 0 Å². The summed E-state index contributed by atoms with van der Waals surface area (Å²) in [5.74, 6) is 1.49. The van der Waals surface area contributed by atoms with Gasteiger partial charge in [0.25, 0.3) is 0 Å². The first-order valence-electron chi connectivity index (χ1n) is 7.17. The lowest BCUT2D eigenvalue weighted by Gasteiger charge is -2.26. The average Bonchev–Trinajstić information content (AvgIpc) is 3.08. The van der Waals surface area contributed by atoms with E-state index in [1.807, 2.05) is 16.6 Å². The van der Waals surface area contributed by atoms with Crippen LogP contribution < -0.4 is 5.32 Å². The molecule has 4 rings (SSSR count). The molecule has 6 nitrogen and oxygen atoms in total. The lowest BCUT2D eigenvalue weighted by molar-refractivity contribution is 0.323. The number of hydrogen-bond donors (Lipinski definition) is 1. The normalized spacial score (nSPS) is 22.7. The third kappa shape index (κ3) is 2.32. The average molecular weight is 300 g/mol. The minimum Gasteiger partial charge on any atom is -0.308 e. The molecule has 0 radical (unpaired) electrons. The van der Waals surface area contributed by atoms with Gasteiger partial charge >= 0.3 is 0 Å². The Kier molecular flexibility index (Phi) is 3.16. The van der Waals surface area contributed by atoms with Crippen LogP contribution in [0, 0.1) is 5.92 Å². The molecule has 0 amide bonds. The van der Waals surface area contributed by atoms with E-state index >= 15 is 0 Å². The maximum absolute atomic E-state index is 4.73. The summed E-state index contributed by atoms with van der Waals surface area (Å²) in [7, 11) is 0. The topological polar surface area (TPSA) is 68.0 Å².